The fraction of sp³-hybridized carbons (Fsp3) is 0.235. The van der Waals surface area contributed by atoms with Gasteiger partial charge in [-0.2, -0.15) is 0 Å². The highest BCUT2D eigenvalue weighted by atomic mass is 32.2. The maximum Gasteiger partial charge on any atom is 0.230 e. The molecule has 0 unspecified atom stereocenters. The lowest BCUT2D eigenvalue weighted by Crippen LogP contribution is -2.20. The van der Waals surface area contributed by atoms with E-state index in [1.54, 1.807) is 0 Å². The molecule has 2 rings (SSSR count). The molecule has 4 heteroatoms. The molecule has 0 heterocycles. The summed E-state index contributed by atoms with van der Waals surface area (Å²) in [5, 5.41) is 0. The van der Waals surface area contributed by atoms with Crippen LogP contribution in [0.2, 0.25) is 0 Å². The van der Waals surface area contributed by atoms with Crippen LogP contribution in [-0.4, -0.2) is 15.9 Å². The van der Waals surface area contributed by atoms with Crippen LogP contribution in [0.1, 0.15) is 18.1 Å². The fourth-order valence-corrected chi connectivity index (χ4v) is 3.14. The number of primary amides is 1. The Bertz CT molecular complexity index is 650. The molecule has 0 bridgehead atoms. The van der Waals surface area contributed by atoms with Crippen molar-refractivity contribution in [1.29, 1.82) is 0 Å². The SMILES string of the molecule is CCc1ccc(-c2cccc(C[S@](=O)CC(N)=O)c2)cc1. The molecule has 0 radical (unpaired) electrons. The molecular formula is C17H19NO2S. The average molecular weight is 301 g/mol. The average Bonchev–Trinajstić information content (AvgIpc) is 2.46. The summed E-state index contributed by atoms with van der Waals surface area (Å²) in [6.07, 6.45) is 1.02. The Morgan fingerprint density at radius 3 is 2.38 bits per heavy atom. The van der Waals surface area contributed by atoms with Gasteiger partial charge in [-0.1, -0.05) is 55.5 Å². The highest BCUT2D eigenvalue weighted by molar-refractivity contribution is 7.84. The second kappa shape index (κ2) is 7.18. The molecular weight excluding hydrogens is 282 g/mol. The van der Waals surface area contributed by atoms with Crippen molar-refractivity contribution >= 4 is 16.7 Å². The lowest BCUT2D eigenvalue weighted by atomic mass is 10.0. The van der Waals surface area contributed by atoms with E-state index >= 15 is 0 Å². The van der Waals surface area contributed by atoms with Gasteiger partial charge < -0.3 is 5.73 Å². The Morgan fingerprint density at radius 1 is 1.05 bits per heavy atom. The number of hydrogen-bond acceptors (Lipinski definition) is 2. The summed E-state index contributed by atoms with van der Waals surface area (Å²) < 4.78 is 11.8. The standard InChI is InChI=1S/C17H19NO2S/c1-2-13-6-8-15(9-7-13)16-5-3-4-14(10-16)11-21(20)12-17(18)19/h3-10H,2,11-12H2,1H3,(H2,18,19)/t21-/m0/s1. The van der Waals surface area contributed by atoms with E-state index in [1.165, 1.54) is 5.56 Å². The van der Waals surface area contributed by atoms with Crippen molar-refractivity contribution in [2.24, 2.45) is 5.73 Å². The van der Waals surface area contributed by atoms with Gasteiger partial charge in [0.05, 0.1) is 0 Å². The molecule has 0 saturated heterocycles. The zero-order valence-corrected chi connectivity index (χ0v) is 12.9. The van der Waals surface area contributed by atoms with Crippen LogP contribution in [0, 0.1) is 0 Å². The van der Waals surface area contributed by atoms with Crippen LogP contribution in [0.25, 0.3) is 11.1 Å². The number of carbonyl (C=O) groups is 1. The molecule has 0 saturated carbocycles. The van der Waals surface area contributed by atoms with Crippen molar-refractivity contribution in [3.05, 3.63) is 59.7 Å². The Hall–Kier alpha value is -1.94. The zero-order valence-electron chi connectivity index (χ0n) is 12.0. The van der Waals surface area contributed by atoms with Gasteiger partial charge in [-0.15, -0.1) is 0 Å². The van der Waals surface area contributed by atoms with E-state index in [2.05, 4.69) is 31.2 Å². The van der Waals surface area contributed by atoms with Gasteiger partial charge in [-0.3, -0.25) is 9.00 Å². The molecule has 0 aromatic heterocycles. The van der Waals surface area contributed by atoms with Crippen LogP contribution in [0.5, 0.6) is 0 Å². The van der Waals surface area contributed by atoms with Gasteiger partial charge in [0.1, 0.15) is 5.75 Å². The number of rotatable bonds is 6. The third-order valence-corrected chi connectivity index (χ3v) is 4.52. The lowest BCUT2D eigenvalue weighted by molar-refractivity contribution is -0.115. The maximum absolute atomic E-state index is 11.8. The van der Waals surface area contributed by atoms with Crippen LogP contribution in [-0.2, 0) is 27.8 Å². The minimum atomic E-state index is -1.25. The summed E-state index contributed by atoms with van der Waals surface area (Å²) >= 11 is 0. The molecule has 0 aliphatic carbocycles. The third kappa shape index (κ3) is 4.53. The van der Waals surface area contributed by atoms with Crippen LogP contribution >= 0.6 is 0 Å². The maximum atomic E-state index is 11.8. The summed E-state index contributed by atoms with van der Waals surface area (Å²) in [4.78, 5) is 10.8. The normalized spacial score (nSPS) is 12.0. The molecule has 3 nitrogen and oxygen atoms in total. The van der Waals surface area contributed by atoms with E-state index in [-0.39, 0.29) is 5.75 Å². The molecule has 1 atom stereocenters. The van der Waals surface area contributed by atoms with Crippen molar-refractivity contribution in [1.82, 2.24) is 0 Å². The van der Waals surface area contributed by atoms with Gasteiger partial charge in [-0.25, -0.2) is 0 Å². The number of nitrogens with two attached hydrogens (primary N) is 1. The first-order valence-electron chi connectivity index (χ1n) is 6.90. The predicted octanol–water partition coefficient (Wildman–Crippen LogP) is 2.65. The van der Waals surface area contributed by atoms with E-state index < -0.39 is 16.7 Å². The van der Waals surface area contributed by atoms with Crippen molar-refractivity contribution in [3.63, 3.8) is 0 Å². The van der Waals surface area contributed by atoms with Gasteiger partial charge in [0, 0.05) is 16.6 Å². The minimum Gasteiger partial charge on any atom is -0.369 e. The van der Waals surface area contributed by atoms with Gasteiger partial charge in [0.25, 0.3) is 0 Å². The molecule has 0 aliphatic rings. The van der Waals surface area contributed by atoms with Crippen LogP contribution in [0.4, 0.5) is 0 Å². The van der Waals surface area contributed by atoms with Gasteiger partial charge in [0.2, 0.25) is 5.91 Å². The Labute approximate surface area is 127 Å². The molecule has 0 fully saturated rings. The topological polar surface area (TPSA) is 60.2 Å². The van der Waals surface area contributed by atoms with Gasteiger partial charge in [-0.05, 0) is 28.7 Å². The Morgan fingerprint density at radius 2 is 1.76 bits per heavy atom. The first-order chi connectivity index (χ1) is 10.1. The van der Waals surface area contributed by atoms with Crippen molar-refractivity contribution in [2.45, 2.75) is 19.1 Å². The predicted molar refractivity (Wildman–Crippen MR) is 87.2 cm³/mol. The Balaban J connectivity index is 2.16. The number of aryl methyl sites for hydroxylation is 1. The van der Waals surface area contributed by atoms with E-state index in [4.69, 9.17) is 5.73 Å². The van der Waals surface area contributed by atoms with E-state index in [0.717, 1.165) is 23.1 Å². The zero-order chi connectivity index (χ0) is 15.2. The lowest BCUT2D eigenvalue weighted by Gasteiger charge is -2.06. The number of hydrogen-bond donors (Lipinski definition) is 1. The summed E-state index contributed by atoms with van der Waals surface area (Å²) in [7, 11) is -1.25. The third-order valence-electron chi connectivity index (χ3n) is 3.25. The van der Waals surface area contributed by atoms with Crippen molar-refractivity contribution in [3.8, 4) is 11.1 Å². The second-order valence-electron chi connectivity index (χ2n) is 4.95. The van der Waals surface area contributed by atoms with Gasteiger partial charge in [0.15, 0.2) is 0 Å². The van der Waals surface area contributed by atoms with Crippen molar-refractivity contribution in [2.75, 3.05) is 5.75 Å². The quantitative estimate of drug-likeness (QED) is 0.891. The van der Waals surface area contributed by atoms with Crippen LogP contribution in [0.15, 0.2) is 48.5 Å². The minimum absolute atomic E-state index is 0.0879. The fourth-order valence-electron chi connectivity index (χ4n) is 2.17. The highest BCUT2D eigenvalue weighted by Crippen LogP contribution is 2.21. The molecule has 2 aromatic carbocycles. The van der Waals surface area contributed by atoms with Crippen LogP contribution in [0.3, 0.4) is 0 Å². The smallest absolute Gasteiger partial charge is 0.230 e. The largest absolute Gasteiger partial charge is 0.369 e. The first kappa shape index (κ1) is 15.4. The second-order valence-corrected chi connectivity index (χ2v) is 6.40. The van der Waals surface area contributed by atoms with E-state index in [9.17, 15) is 9.00 Å². The van der Waals surface area contributed by atoms with E-state index in [1.807, 2.05) is 24.3 Å². The number of amides is 1. The first-order valence-corrected chi connectivity index (χ1v) is 8.39. The Kier molecular flexibility index (Phi) is 5.28. The molecule has 110 valence electrons. The van der Waals surface area contributed by atoms with Gasteiger partial charge >= 0.3 is 0 Å². The summed E-state index contributed by atoms with van der Waals surface area (Å²) in [6.45, 7) is 2.13. The van der Waals surface area contributed by atoms with E-state index in [0.29, 0.717) is 5.75 Å². The molecule has 1 amide bonds. The number of carbonyl (C=O) groups excluding carboxylic acids is 1. The molecule has 2 N–H and O–H groups in total. The highest BCUT2D eigenvalue weighted by Gasteiger charge is 2.06. The number of benzene rings is 2. The molecule has 21 heavy (non-hydrogen) atoms. The summed E-state index contributed by atoms with van der Waals surface area (Å²) in [5.41, 5.74) is 9.54. The van der Waals surface area contributed by atoms with Crippen molar-refractivity contribution < 1.29 is 9.00 Å². The molecule has 0 aliphatic heterocycles. The van der Waals surface area contributed by atoms with Crippen LogP contribution < -0.4 is 5.73 Å². The molecule has 2 aromatic rings. The summed E-state index contributed by atoms with van der Waals surface area (Å²) in [6, 6.07) is 16.3. The monoisotopic (exact) mass is 301 g/mol. The summed E-state index contributed by atoms with van der Waals surface area (Å²) in [5.74, 6) is -0.265. The molecule has 0 spiro atoms.